The molecule has 1 aliphatic heterocycles. The third-order valence-electron chi connectivity index (χ3n) is 4.28. The molecular weight excluding hydrogens is 340 g/mol. The highest BCUT2D eigenvalue weighted by Crippen LogP contribution is 2.31. The third kappa shape index (κ3) is 2.87. The second kappa shape index (κ2) is 5.93. The van der Waals surface area contributed by atoms with Crippen LogP contribution in [0, 0.1) is 0 Å². The molecule has 1 atom stereocenters. The first kappa shape index (κ1) is 15.7. The number of halogens is 1. The molecule has 0 spiro atoms. The number of carbonyl (C=O) groups is 2. The Morgan fingerprint density at radius 1 is 1.24 bits per heavy atom. The summed E-state index contributed by atoms with van der Waals surface area (Å²) in [6, 6.07) is 12.6. The fourth-order valence-corrected chi connectivity index (χ4v) is 3.12. The highest BCUT2D eigenvalue weighted by atomic mass is 35.5. The van der Waals surface area contributed by atoms with Crippen molar-refractivity contribution in [1.29, 1.82) is 0 Å². The maximum atomic E-state index is 12.7. The first-order chi connectivity index (χ1) is 12.0. The van der Waals surface area contributed by atoms with E-state index < -0.39 is 6.10 Å². The number of Topliss-reactive ketones (excluding diaryl/α,β-unsaturated/α-hetero) is 1. The summed E-state index contributed by atoms with van der Waals surface area (Å²) >= 11 is 6.00. The Hall–Kier alpha value is -2.79. The zero-order valence-corrected chi connectivity index (χ0v) is 14.2. The number of carbonyl (C=O) groups excluding carboxylic acids is 2. The number of rotatable bonds is 3. The average Bonchev–Trinajstić information content (AvgIpc) is 2.97. The third-order valence-corrected chi connectivity index (χ3v) is 4.51. The van der Waals surface area contributed by atoms with Gasteiger partial charge in [0.25, 0.3) is 5.91 Å². The molecule has 1 aromatic heterocycles. The minimum Gasteiger partial charge on any atom is -0.479 e. The van der Waals surface area contributed by atoms with Gasteiger partial charge in [0.1, 0.15) is 5.75 Å². The van der Waals surface area contributed by atoms with E-state index in [1.165, 1.54) is 0 Å². The lowest BCUT2D eigenvalue weighted by molar-refractivity contribution is -0.122. The van der Waals surface area contributed by atoms with Gasteiger partial charge in [0, 0.05) is 27.7 Å². The van der Waals surface area contributed by atoms with Crippen molar-refractivity contribution < 1.29 is 14.3 Å². The maximum Gasteiger partial charge on any atom is 0.265 e. The first-order valence-electron chi connectivity index (χ1n) is 7.90. The molecule has 0 fully saturated rings. The molecule has 1 amide bonds. The number of benzene rings is 2. The van der Waals surface area contributed by atoms with Crippen LogP contribution in [0.4, 0.5) is 5.69 Å². The van der Waals surface area contributed by atoms with E-state index in [0.717, 1.165) is 10.9 Å². The summed E-state index contributed by atoms with van der Waals surface area (Å²) in [6.07, 6.45) is 1.33. The van der Waals surface area contributed by atoms with E-state index in [2.05, 4.69) is 5.32 Å². The van der Waals surface area contributed by atoms with Crippen molar-refractivity contribution in [3.05, 3.63) is 59.2 Å². The van der Waals surface area contributed by atoms with Crippen LogP contribution in [-0.4, -0.2) is 22.4 Å². The Balaban J connectivity index is 1.61. The Kier molecular flexibility index (Phi) is 3.73. The average molecular weight is 355 g/mol. The number of ketones is 1. The minimum atomic E-state index is -0.535. The zero-order valence-electron chi connectivity index (χ0n) is 13.5. The van der Waals surface area contributed by atoms with Gasteiger partial charge in [0.15, 0.2) is 11.9 Å². The Labute approximate surface area is 149 Å². The molecule has 5 nitrogen and oxygen atoms in total. The van der Waals surface area contributed by atoms with Crippen molar-refractivity contribution in [2.24, 2.45) is 0 Å². The SMILES string of the molecule is CC1Oc2ccc(C(=O)Cn3ccc4cc(Cl)ccc43)cc2NC1=O. The topological polar surface area (TPSA) is 60.3 Å². The fourth-order valence-electron chi connectivity index (χ4n) is 2.94. The van der Waals surface area contributed by atoms with Crippen molar-refractivity contribution in [2.45, 2.75) is 19.6 Å². The van der Waals surface area contributed by atoms with E-state index in [9.17, 15) is 9.59 Å². The monoisotopic (exact) mass is 354 g/mol. The molecule has 4 rings (SSSR count). The van der Waals surface area contributed by atoms with E-state index in [0.29, 0.717) is 22.0 Å². The summed E-state index contributed by atoms with van der Waals surface area (Å²) in [4.78, 5) is 24.4. The molecule has 0 saturated carbocycles. The van der Waals surface area contributed by atoms with Crippen LogP contribution in [0.3, 0.4) is 0 Å². The van der Waals surface area contributed by atoms with Gasteiger partial charge in [-0.2, -0.15) is 0 Å². The summed E-state index contributed by atoms with van der Waals surface area (Å²) in [5.74, 6) is 0.304. The quantitative estimate of drug-likeness (QED) is 0.726. The largest absolute Gasteiger partial charge is 0.479 e. The van der Waals surface area contributed by atoms with Crippen molar-refractivity contribution >= 4 is 39.9 Å². The zero-order chi connectivity index (χ0) is 17.6. The number of nitrogens with zero attached hydrogens (tertiary/aromatic N) is 1. The van der Waals surface area contributed by atoms with Gasteiger partial charge in [0.05, 0.1) is 12.2 Å². The number of aromatic nitrogens is 1. The van der Waals surface area contributed by atoms with Crippen molar-refractivity contribution in [2.75, 3.05) is 5.32 Å². The second-order valence-corrected chi connectivity index (χ2v) is 6.47. The number of nitrogens with one attached hydrogen (secondary N) is 1. The lowest BCUT2D eigenvalue weighted by Gasteiger charge is -2.23. The summed E-state index contributed by atoms with van der Waals surface area (Å²) in [7, 11) is 0. The predicted molar refractivity (Wildman–Crippen MR) is 96.4 cm³/mol. The molecule has 0 radical (unpaired) electrons. The first-order valence-corrected chi connectivity index (χ1v) is 8.28. The Morgan fingerprint density at radius 2 is 2.08 bits per heavy atom. The molecule has 2 aromatic carbocycles. The Bertz CT molecular complexity index is 1010. The molecule has 6 heteroatoms. The number of anilines is 1. The molecule has 0 saturated heterocycles. The van der Waals surface area contributed by atoms with Crippen LogP contribution in [0.2, 0.25) is 5.02 Å². The van der Waals surface area contributed by atoms with Crippen LogP contribution < -0.4 is 10.1 Å². The summed E-state index contributed by atoms with van der Waals surface area (Å²) < 4.78 is 7.39. The van der Waals surface area contributed by atoms with Crippen molar-refractivity contribution in [3.63, 3.8) is 0 Å². The number of hydrogen-bond donors (Lipinski definition) is 1. The maximum absolute atomic E-state index is 12.7. The molecular formula is C19H15ClN2O3. The number of fused-ring (bicyclic) bond motifs is 2. The van der Waals surface area contributed by atoms with Gasteiger partial charge in [-0.05, 0) is 49.4 Å². The molecule has 126 valence electrons. The van der Waals surface area contributed by atoms with Crippen LogP contribution in [0.15, 0.2) is 48.7 Å². The van der Waals surface area contributed by atoms with E-state index in [1.54, 1.807) is 31.2 Å². The standard InChI is InChI=1S/C19H15ClN2O3/c1-11-19(24)21-15-9-13(2-5-18(15)25-11)17(23)10-22-7-6-12-8-14(20)3-4-16(12)22/h2-9,11H,10H2,1H3,(H,21,24). The smallest absolute Gasteiger partial charge is 0.265 e. The van der Waals surface area contributed by atoms with Gasteiger partial charge in [-0.15, -0.1) is 0 Å². The molecule has 0 bridgehead atoms. The molecule has 1 unspecified atom stereocenters. The molecule has 3 aromatic rings. The van der Waals surface area contributed by atoms with E-state index in [1.807, 2.05) is 29.0 Å². The Morgan fingerprint density at radius 3 is 2.92 bits per heavy atom. The molecule has 2 heterocycles. The fraction of sp³-hybridized carbons (Fsp3) is 0.158. The predicted octanol–water partition coefficient (Wildman–Crippen LogP) is 3.90. The molecule has 0 aliphatic carbocycles. The minimum absolute atomic E-state index is 0.0527. The van der Waals surface area contributed by atoms with Crippen LogP contribution in [-0.2, 0) is 11.3 Å². The van der Waals surface area contributed by atoms with Gasteiger partial charge in [0.2, 0.25) is 0 Å². The number of hydrogen-bond acceptors (Lipinski definition) is 3. The summed E-state index contributed by atoms with van der Waals surface area (Å²) in [5.41, 5.74) is 1.99. The van der Waals surface area contributed by atoms with Gasteiger partial charge < -0.3 is 14.6 Å². The van der Waals surface area contributed by atoms with Crippen LogP contribution in [0.1, 0.15) is 17.3 Å². The summed E-state index contributed by atoms with van der Waals surface area (Å²) in [6.45, 7) is 1.88. The molecule has 1 N–H and O–H groups in total. The van der Waals surface area contributed by atoms with Gasteiger partial charge >= 0.3 is 0 Å². The number of ether oxygens (including phenoxy) is 1. The lowest BCUT2D eigenvalue weighted by Crippen LogP contribution is -2.34. The lowest BCUT2D eigenvalue weighted by atomic mass is 10.1. The van der Waals surface area contributed by atoms with Crippen molar-refractivity contribution in [1.82, 2.24) is 4.57 Å². The second-order valence-electron chi connectivity index (χ2n) is 6.03. The normalized spacial score (nSPS) is 16.2. The van der Waals surface area contributed by atoms with Crippen LogP contribution in [0.5, 0.6) is 5.75 Å². The number of amides is 1. The van der Waals surface area contributed by atoms with Crippen LogP contribution >= 0.6 is 11.6 Å². The van der Waals surface area contributed by atoms with Crippen molar-refractivity contribution in [3.8, 4) is 5.75 Å². The van der Waals surface area contributed by atoms with E-state index in [-0.39, 0.29) is 18.2 Å². The highest BCUT2D eigenvalue weighted by molar-refractivity contribution is 6.31. The van der Waals surface area contributed by atoms with Gasteiger partial charge in [-0.1, -0.05) is 11.6 Å². The highest BCUT2D eigenvalue weighted by Gasteiger charge is 2.24. The summed E-state index contributed by atoms with van der Waals surface area (Å²) in [5, 5.41) is 4.41. The van der Waals surface area contributed by atoms with E-state index >= 15 is 0 Å². The van der Waals surface area contributed by atoms with E-state index in [4.69, 9.17) is 16.3 Å². The molecule has 25 heavy (non-hydrogen) atoms. The van der Waals surface area contributed by atoms with Gasteiger partial charge in [-0.25, -0.2) is 0 Å². The molecule has 1 aliphatic rings. The van der Waals surface area contributed by atoms with Gasteiger partial charge in [-0.3, -0.25) is 9.59 Å². The van der Waals surface area contributed by atoms with Crippen LogP contribution in [0.25, 0.3) is 10.9 Å².